The van der Waals surface area contributed by atoms with Crippen molar-refractivity contribution in [2.45, 2.75) is 52.4 Å². The van der Waals surface area contributed by atoms with Gasteiger partial charge >= 0.3 is 0 Å². The van der Waals surface area contributed by atoms with Crippen LogP contribution in [0.4, 0.5) is 0 Å². The van der Waals surface area contributed by atoms with E-state index in [-0.39, 0.29) is 10.8 Å². The molecule has 0 aliphatic heterocycles. The Labute approximate surface area is 190 Å². The molecule has 0 N–H and O–H groups in total. The average Bonchev–Trinajstić information content (AvgIpc) is 2.74. The van der Waals surface area contributed by atoms with Crippen LogP contribution >= 0.6 is 0 Å². The fourth-order valence-corrected chi connectivity index (χ4v) is 3.35. The number of hydrogen-bond acceptors (Lipinski definition) is 4. The van der Waals surface area contributed by atoms with E-state index in [1.807, 2.05) is 24.3 Å². The molecule has 0 fully saturated rings. The van der Waals surface area contributed by atoms with Gasteiger partial charge in [0.05, 0.1) is 23.3 Å². The van der Waals surface area contributed by atoms with Crippen LogP contribution in [0.15, 0.2) is 60.7 Å². The zero-order valence-corrected chi connectivity index (χ0v) is 19.5. The minimum absolute atomic E-state index is 0.193. The second-order valence-electron chi connectivity index (χ2n) is 9.82. The predicted molar refractivity (Wildman–Crippen MR) is 126 cm³/mol. The number of hydrogen-bond donors (Lipinski definition) is 0. The van der Waals surface area contributed by atoms with Crippen LogP contribution in [0.1, 0.15) is 63.8 Å². The highest BCUT2D eigenvalue weighted by molar-refractivity contribution is 5.54. The van der Waals surface area contributed by atoms with E-state index in [1.54, 1.807) is 24.3 Å². The minimum Gasteiger partial charge on any atom is -0.457 e. The summed E-state index contributed by atoms with van der Waals surface area (Å²) >= 11 is 0. The van der Waals surface area contributed by atoms with Gasteiger partial charge in [-0.15, -0.1) is 0 Å². The first-order valence-corrected chi connectivity index (χ1v) is 10.6. The first kappa shape index (κ1) is 22.9. The van der Waals surface area contributed by atoms with Gasteiger partial charge in [0, 0.05) is 11.1 Å². The summed E-state index contributed by atoms with van der Waals surface area (Å²) < 4.78 is 12.6. The van der Waals surface area contributed by atoms with Crippen LogP contribution in [-0.4, -0.2) is 0 Å². The van der Waals surface area contributed by atoms with Crippen molar-refractivity contribution in [1.29, 1.82) is 10.5 Å². The van der Waals surface area contributed by atoms with Crippen LogP contribution in [0.5, 0.6) is 23.0 Å². The van der Waals surface area contributed by atoms with E-state index in [0.29, 0.717) is 22.6 Å². The van der Waals surface area contributed by atoms with E-state index in [4.69, 9.17) is 20.0 Å². The Balaban J connectivity index is 2.10. The van der Waals surface area contributed by atoms with Crippen LogP contribution in [0, 0.1) is 22.7 Å². The normalized spacial score (nSPS) is 11.4. The topological polar surface area (TPSA) is 66.0 Å². The van der Waals surface area contributed by atoms with Crippen molar-refractivity contribution >= 4 is 0 Å². The van der Waals surface area contributed by atoms with E-state index in [2.05, 4.69) is 65.8 Å². The summed E-state index contributed by atoms with van der Waals surface area (Å²) in [6, 6.07) is 22.6. The van der Waals surface area contributed by atoms with Gasteiger partial charge in [-0.3, -0.25) is 0 Å². The lowest BCUT2D eigenvalue weighted by Gasteiger charge is -2.29. The first-order chi connectivity index (χ1) is 15.0. The largest absolute Gasteiger partial charge is 0.457 e. The lowest BCUT2D eigenvalue weighted by atomic mass is 9.81. The molecule has 4 heteroatoms. The van der Waals surface area contributed by atoms with E-state index >= 15 is 0 Å². The van der Waals surface area contributed by atoms with Gasteiger partial charge in [0.1, 0.15) is 23.0 Å². The highest BCUT2D eigenvalue weighted by Crippen LogP contribution is 2.44. The number of nitriles is 2. The van der Waals surface area contributed by atoms with Crippen LogP contribution in [-0.2, 0) is 10.8 Å². The molecule has 3 aromatic carbocycles. The lowest BCUT2D eigenvalue weighted by Crippen LogP contribution is -2.17. The molecule has 0 heterocycles. The molecule has 162 valence electrons. The van der Waals surface area contributed by atoms with Crippen molar-refractivity contribution in [1.82, 2.24) is 0 Å². The van der Waals surface area contributed by atoms with Gasteiger partial charge in [-0.2, -0.15) is 10.5 Å². The second kappa shape index (κ2) is 8.77. The summed E-state index contributed by atoms with van der Waals surface area (Å²) in [6.07, 6.45) is 0. The average molecular weight is 425 g/mol. The van der Waals surface area contributed by atoms with Crippen LogP contribution in [0.3, 0.4) is 0 Å². The van der Waals surface area contributed by atoms with E-state index in [9.17, 15) is 0 Å². The molecule has 0 atom stereocenters. The van der Waals surface area contributed by atoms with Crippen molar-refractivity contribution in [3.63, 3.8) is 0 Å². The molecule has 0 saturated heterocycles. The molecular weight excluding hydrogens is 396 g/mol. The quantitative estimate of drug-likeness (QED) is 0.432. The Bertz CT molecular complexity index is 1080. The highest BCUT2D eigenvalue weighted by Gasteiger charge is 2.27. The molecule has 3 rings (SSSR count). The summed E-state index contributed by atoms with van der Waals surface area (Å²) in [5.74, 6) is 2.88. The molecule has 0 aliphatic rings. The zero-order chi connectivity index (χ0) is 23.5. The van der Waals surface area contributed by atoms with Gasteiger partial charge in [-0.05, 0) is 71.5 Å². The van der Waals surface area contributed by atoms with Crippen molar-refractivity contribution in [2.75, 3.05) is 0 Å². The number of ether oxygens (including phenoxy) is 2. The third kappa shape index (κ3) is 5.29. The van der Waals surface area contributed by atoms with E-state index in [1.165, 1.54) is 0 Å². The smallest absolute Gasteiger partial charge is 0.131 e. The van der Waals surface area contributed by atoms with Gasteiger partial charge < -0.3 is 9.47 Å². The number of nitrogens with zero attached hydrogens (tertiary/aromatic N) is 2. The number of benzene rings is 3. The van der Waals surface area contributed by atoms with Crippen molar-refractivity contribution < 1.29 is 9.47 Å². The van der Waals surface area contributed by atoms with Crippen LogP contribution in [0.25, 0.3) is 0 Å². The van der Waals surface area contributed by atoms with Gasteiger partial charge in [-0.1, -0.05) is 41.5 Å². The molecule has 32 heavy (non-hydrogen) atoms. The molecule has 0 spiro atoms. The Kier molecular flexibility index (Phi) is 6.28. The Morgan fingerprint density at radius 3 is 1.12 bits per heavy atom. The van der Waals surface area contributed by atoms with Crippen molar-refractivity contribution in [3.05, 3.63) is 82.9 Å². The summed E-state index contributed by atoms with van der Waals surface area (Å²) in [4.78, 5) is 0. The third-order valence-electron chi connectivity index (χ3n) is 5.12. The molecular formula is C28H28N2O2. The molecule has 4 nitrogen and oxygen atoms in total. The third-order valence-corrected chi connectivity index (χ3v) is 5.12. The van der Waals surface area contributed by atoms with Crippen LogP contribution < -0.4 is 9.47 Å². The maximum atomic E-state index is 9.06. The summed E-state index contributed by atoms with van der Waals surface area (Å²) in [5.41, 5.74) is 2.82. The summed E-state index contributed by atoms with van der Waals surface area (Å²) in [5, 5.41) is 18.1. The second-order valence-corrected chi connectivity index (χ2v) is 9.82. The molecule has 0 saturated carbocycles. The fraction of sp³-hybridized carbons (Fsp3) is 0.286. The Morgan fingerprint density at radius 1 is 0.562 bits per heavy atom. The zero-order valence-electron chi connectivity index (χ0n) is 19.5. The van der Waals surface area contributed by atoms with Gasteiger partial charge in [-0.25, -0.2) is 0 Å². The maximum Gasteiger partial charge on any atom is 0.131 e. The summed E-state index contributed by atoms with van der Waals surface area (Å²) in [7, 11) is 0. The lowest BCUT2D eigenvalue weighted by molar-refractivity contribution is 0.429. The molecule has 0 bridgehead atoms. The number of rotatable bonds is 4. The highest BCUT2D eigenvalue weighted by atomic mass is 16.5. The van der Waals surface area contributed by atoms with E-state index in [0.717, 1.165) is 22.6 Å². The Hall–Kier alpha value is -3.76. The predicted octanol–water partition coefficient (Wildman–Crippen LogP) is 7.61. The molecule has 0 amide bonds. The molecule has 0 unspecified atom stereocenters. The van der Waals surface area contributed by atoms with Crippen molar-refractivity contribution in [2.24, 2.45) is 0 Å². The molecule has 0 radical (unpaired) electrons. The molecule has 0 aromatic heterocycles. The maximum absolute atomic E-state index is 9.06. The van der Waals surface area contributed by atoms with Crippen molar-refractivity contribution in [3.8, 4) is 35.1 Å². The fourth-order valence-electron chi connectivity index (χ4n) is 3.35. The van der Waals surface area contributed by atoms with Gasteiger partial charge in [0.15, 0.2) is 0 Å². The monoisotopic (exact) mass is 424 g/mol. The summed E-state index contributed by atoms with van der Waals surface area (Å²) in [6.45, 7) is 12.8. The molecule has 0 aliphatic carbocycles. The minimum atomic E-state index is -0.193. The van der Waals surface area contributed by atoms with Crippen LogP contribution in [0.2, 0.25) is 0 Å². The first-order valence-electron chi connectivity index (χ1n) is 10.6. The molecule has 3 aromatic rings. The standard InChI is InChI=1S/C28H28N2O2/c1-27(2,3)23-15-26(32-22-13-9-20(18-30)10-14-22)24(28(4,5)6)16-25(23)31-21-11-7-19(17-29)8-12-21/h7-16H,1-6H3. The van der Waals surface area contributed by atoms with E-state index < -0.39 is 0 Å². The Morgan fingerprint density at radius 2 is 0.875 bits per heavy atom. The van der Waals surface area contributed by atoms with Gasteiger partial charge in [0.2, 0.25) is 0 Å². The van der Waals surface area contributed by atoms with Gasteiger partial charge in [0.25, 0.3) is 0 Å². The SMILES string of the molecule is CC(C)(C)c1cc(Oc2ccc(C#N)cc2)c(C(C)(C)C)cc1Oc1ccc(C#N)cc1.